The first-order chi connectivity index (χ1) is 8.43. The molecule has 96 valence electrons. The molecule has 0 bridgehead atoms. The number of likely N-dealkylation sites (tertiary alicyclic amines) is 1. The number of amides is 1. The zero-order chi connectivity index (χ0) is 13.4. The molecule has 1 amide bonds. The molecule has 0 saturated carbocycles. The number of nitro benzene ring substituents is 1. The summed E-state index contributed by atoms with van der Waals surface area (Å²) >= 11 is 0. The highest BCUT2D eigenvalue weighted by Gasteiger charge is 2.46. The number of nitro groups is 1. The number of rotatable bonds is 3. The van der Waals surface area contributed by atoms with Crippen LogP contribution in [0.25, 0.3) is 0 Å². The Hall–Kier alpha value is -1.91. The number of hydrogen-bond acceptors (Lipinski definition) is 3. The Bertz CT molecular complexity index is 482. The van der Waals surface area contributed by atoms with Crippen LogP contribution in [-0.2, 0) is 4.79 Å². The van der Waals surface area contributed by atoms with Gasteiger partial charge in [-0.05, 0) is 19.4 Å². The molecule has 1 heterocycles. The Kier molecular flexibility index (Phi) is 3.07. The minimum atomic E-state index is -0.417. The van der Waals surface area contributed by atoms with Crippen molar-refractivity contribution in [2.24, 2.45) is 5.92 Å². The van der Waals surface area contributed by atoms with Crippen LogP contribution in [0.15, 0.2) is 24.3 Å². The molecule has 0 aromatic heterocycles. The van der Waals surface area contributed by atoms with Crippen molar-refractivity contribution in [3.8, 4) is 0 Å². The van der Waals surface area contributed by atoms with Crippen molar-refractivity contribution in [3.05, 3.63) is 39.9 Å². The van der Waals surface area contributed by atoms with Gasteiger partial charge in [0.25, 0.3) is 5.69 Å². The van der Waals surface area contributed by atoms with Crippen LogP contribution in [0.4, 0.5) is 5.69 Å². The second-order valence-electron chi connectivity index (χ2n) is 4.92. The highest BCUT2D eigenvalue weighted by Crippen LogP contribution is 2.41. The molecule has 5 nitrogen and oxygen atoms in total. The molecule has 0 aliphatic carbocycles. The Morgan fingerprint density at radius 2 is 1.83 bits per heavy atom. The molecular weight excluding hydrogens is 232 g/mol. The molecule has 0 spiro atoms. The van der Waals surface area contributed by atoms with Crippen molar-refractivity contribution in [2.75, 3.05) is 0 Å². The first-order valence-electron chi connectivity index (χ1n) is 6.00. The maximum absolute atomic E-state index is 11.8. The van der Waals surface area contributed by atoms with Crippen molar-refractivity contribution in [2.45, 2.75) is 32.9 Å². The molecule has 5 heteroatoms. The lowest BCUT2D eigenvalue weighted by molar-refractivity contribution is -0.384. The molecule has 2 rings (SSSR count). The molecule has 18 heavy (non-hydrogen) atoms. The molecule has 1 aliphatic heterocycles. The summed E-state index contributed by atoms with van der Waals surface area (Å²) in [5.41, 5.74) is 1.04. The van der Waals surface area contributed by atoms with E-state index in [1.165, 1.54) is 12.1 Å². The molecule has 1 aromatic carbocycles. The van der Waals surface area contributed by atoms with Gasteiger partial charge in [-0.3, -0.25) is 14.9 Å². The summed E-state index contributed by atoms with van der Waals surface area (Å²) in [6, 6.07) is 6.64. The fourth-order valence-electron chi connectivity index (χ4n) is 2.48. The summed E-state index contributed by atoms with van der Waals surface area (Å²) in [4.78, 5) is 23.8. The number of hydrogen-bond donors (Lipinski definition) is 0. The van der Waals surface area contributed by atoms with Crippen LogP contribution in [0.2, 0.25) is 0 Å². The third-order valence-corrected chi connectivity index (χ3v) is 3.42. The smallest absolute Gasteiger partial charge is 0.269 e. The van der Waals surface area contributed by atoms with Gasteiger partial charge in [0.05, 0.1) is 16.9 Å². The summed E-state index contributed by atoms with van der Waals surface area (Å²) < 4.78 is 0. The zero-order valence-corrected chi connectivity index (χ0v) is 10.7. The third-order valence-electron chi connectivity index (χ3n) is 3.42. The van der Waals surface area contributed by atoms with Crippen LogP contribution in [-0.4, -0.2) is 21.8 Å². The summed E-state index contributed by atoms with van der Waals surface area (Å²) in [5.74, 6) is 0.0993. The predicted molar refractivity (Wildman–Crippen MR) is 67.0 cm³/mol. The van der Waals surface area contributed by atoms with Crippen LogP contribution in [0.3, 0.4) is 0 Å². The number of non-ortho nitro benzene ring substituents is 1. The number of β-lactam (4-membered cyclic amide) rings is 1. The predicted octanol–water partition coefficient (Wildman–Crippen LogP) is 2.52. The van der Waals surface area contributed by atoms with Gasteiger partial charge in [-0.2, -0.15) is 0 Å². The van der Waals surface area contributed by atoms with Crippen molar-refractivity contribution in [3.63, 3.8) is 0 Å². The lowest BCUT2D eigenvalue weighted by Crippen LogP contribution is -2.56. The van der Waals surface area contributed by atoms with Crippen LogP contribution in [0.5, 0.6) is 0 Å². The van der Waals surface area contributed by atoms with Crippen LogP contribution in [0.1, 0.15) is 32.4 Å². The van der Waals surface area contributed by atoms with E-state index in [2.05, 4.69) is 0 Å². The quantitative estimate of drug-likeness (QED) is 0.469. The van der Waals surface area contributed by atoms with E-state index < -0.39 is 4.92 Å². The average Bonchev–Trinajstić information content (AvgIpc) is 2.34. The summed E-state index contributed by atoms with van der Waals surface area (Å²) in [5, 5.41) is 10.6. The molecule has 1 fully saturated rings. The summed E-state index contributed by atoms with van der Waals surface area (Å²) in [6.45, 7) is 5.84. The SMILES string of the molecule is CC(C)N1C(=O)[C@@H](C)[C@H]1c1ccc([N+](=O)[O-])cc1. The Labute approximate surface area is 106 Å². The standard InChI is InChI=1S/C13H16N2O3/c1-8(2)14-12(9(3)13(14)16)10-4-6-11(7-5-10)15(17)18/h4-9,12H,1-3H3/t9-,12-/m0/s1. The van der Waals surface area contributed by atoms with E-state index in [1.54, 1.807) is 12.1 Å². The highest BCUT2D eigenvalue weighted by molar-refractivity contribution is 5.86. The van der Waals surface area contributed by atoms with E-state index in [9.17, 15) is 14.9 Å². The number of carbonyl (C=O) groups excluding carboxylic acids is 1. The third kappa shape index (κ3) is 1.85. The molecular formula is C13H16N2O3. The van der Waals surface area contributed by atoms with E-state index in [-0.39, 0.29) is 29.6 Å². The van der Waals surface area contributed by atoms with Crippen LogP contribution >= 0.6 is 0 Å². The molecule has 1 aromatic rings. The molecule has 2 atom stereocenters. The van der Waals surface area contributed by atoms with Gasteiger partial charge >= 0.3 is 0 Å². The number of carbonyl (C=O) groups is 1. The van der Waals surface area contributed by atoms with Crippen LogP contribution < -0.4 is 0 Å². The second-order valence-corrected chi connectivity index (χ2v) is 4.92. The van der Waals surface area contributed by atoms with Gasteiger partial charge in [0.1, 0.15) is 0 Å². The van der Waals surface area contributed by atoms with Crippen molar-refractivity contribution < 1.29 is 9.72 Å². The lowest BCUT2D eigenvalue weighted by Gasteiger charge is -2.48. The van der Waals surface area contributed by atoms with Crippen molar-refractivity contribution in [1.82, 2.24) is 4.90 Å². The van der Waals surface area contributed by atoms with Crippen LogP contribution in [0, 0.1) is 16.0 Å². The molecule has 1 aliphatic rings. The van der Waals surface area contributed by atoms with Gasteiger partial charge in [-0.1, -0.05) is 19.1 Å². The van der Waals surface area contributed by atoms with Gasteiger partial charge in [0.15, 0.2) is 0 Å². The van der Waals surface area contributed by atoms with E-state index in [4.69, 9.17) is 0 Å². The van der Waals surface area contributed by atoms with E-state index >= 15 is 0 Å². The Balaban J connectivity index is 2.26. The maximum atomic E-state index is 11.8. The monoisotopic (exact) mass is 248 g/mol. The normalized spacial score (nSPS) is 23.1. The fraction of sp³-hybridized carbons (Fsp3) is 0.462. The maximum Gasteiger partial charge on any atom is 0.269 e. The van der Waals surface area contributed by atoms with E-state index in [0.717, 1.165) is 5.56 Å². The number of nitrogens with zero attached hydrogens (tertiary/aromatic N) is 2. The van der Waals surface area contributed by atoms with Gasteiger partial charge in [0.2, 0.25) is 5.91 Å². The summed E-state index contributed by atoms with van der Waals surface area (Å²) in [6.07, 6.45) is 0. The largest absolute Gasteiger partial charge is 0.332 e. The molecule has 0 radical (unpaired) electrons. The molecule has 1 saturated heterocycles. The van der Waals surface area contributed by atoms with Gasteiger partial charge < -0.3 is 4.90 Å². The first-order valence-corrected chi connectivity index (χ1v) is 6.00. The van der Waals surface area contributed by atoms with Gasteiger partial charge in [-0.25, -0.2) is 0 Å². The van der Waals surface area contributed by atoms with E-state index in [1.807, 2.05) is 25.7 Å². The van der Waals surface area contributed by atoms with Crippen molar-refractivity contribution in [1.29, 1.82) is 0 Å². The Morgan fingerprint density at radius 1 is 1.28 bits per heavy atom. The summed E-state index contributed by atoms with van der Waals surface area (Å²) in [7, 11) is 0. The van der Waals surface area contributed by atoms with Crippen molar-refractivity contribution >= 4 is 11.6 Å². The topological polar surface area (TPSA) is 63.5 Å². The highest BCUT2D eigenvalue weighted by atomic mass is 16.6. The van der Waals surface area contributed by atoms with Gasteiger partial charge in [-0.15, -0.1) is 0 Å². The first kappa shape index (κ1) is 12.5. The number of benzene rings is 1. The second kappa shape index (κ2) is 4.40. The molecule has 0 unspecified atom stereocenters. The Morgan fingerprint density at radius 3 is 2.28 bits per heavy atom. The van der Waals surface area contributed by atoms with E-state index in [0.29, 0.717) is 0 Å². The zero-order valence-electron chi connectivity index (χ0n) is 10.7. The minimum Gasteiger partial charge on any atom is -0.332 e. The minimum absolute atomic E-state index is 0.0401. The van der Waals surface area contributed by atoms with Gasteiger partial charge in [0, 0.05) is 18.2 Å². The average molecular weight is 248 g/mol. The fourth-order valence-corrected chi connectivity index (χ4v) is 2.48. The lowest BCUT2D eigenvalue weighted by atomic mass is 9.82. The molecule has 0 N–H and O–H groups in total.